The molecule has 7 nitrogen and oxygen atoms in total. The number of anilines is 1. The van der Waals surface area contributed by atoms with Gasteiger partial charge in [-0.15, -0.1) is 0 Å². The highest BCUT2D eigenvalue weighted by Gasteiger charge is 2.34. The highest BCUT2D eigenvalue weighted by Crippen LogP contribution is 2.29. The fourth-order valence-corrected chi connectivity index (χ4v) is 4.38. The number of nitrogens with one attached hydrogen (secondary N) is 1. The van der Waals surface area contributed by atoms with E-state index in [9.17, 15) is 9.59 Å². The van der Waals surface area contributed by atoms with Crippen LogP contribution in [0.5, 0.6) is 5.75 Å². The number of ether oxygens (including phenoxy) is 1. The fourth-order valence-electron chi connectivity index (χ4n) is 4.38. The van der Waals surface area contributed by atoms with Crippen molar-refractivity contribution in [3.63, 3.8) is 0 Å². The van der Waals surface area contributed by atoms with E-state index in [0.29, 0.717) is 11.5 Å². The van der Waals surface area contributed by atoms with Crippen molar-refractivity contribution in [2.75, 3.05) is 19.0 Å². The zero-order valence-electron chi connectivity index (χ0n) is 22.2. The van der Waals surface area contributed by atoms with Crippen molar-refractivity contribution in [1.82, 2.24) is 14.5 Å². The third kappa shape index (κ3) is 5.47. The standard InChI is InChI=1S/C31H32N4O3/c1-20-5-8-24(9-6-20)30(37)34(25-13-14-25)19-29(36)33-31-32-28(23-10-15-27(38-4)16-11-23)18-35(31)26-12-7-21(2)22(3)17-26/h5-12,15-18,25H,13-14,19H2,1-4H3,(H,32,33,36). The molecule has 5 rings (SSSR count). The quantitative estimate of drug-likeness (QED) is 0.330. The van der Waals surface area contributed by atoms with E-state index in [1.54, 1.807) is 12.0 Å². The molecule has 1 saturated carbocycles. The van der Waals surface area contributed by atoms with Gasteiger partial charge in [0.05, 0.1) is 12.8 Å². The lowest BCUT2D eigenvalue weighted by molar-refractivity contribution is -0.117. The van der Waals surface area contributed by atoms with Crippen LogP contribution in [0.15, 0.2) is 72.9 Å². The van der Waals surface area contributed by atoms with Crippen molar-refractivity contribution in [1.29, 1.82) is 0 Å². The summed E-state index contributed by atoms with van der Waals surface area (Å²) in [4.78, 5) is 33.0. The van der Waals surface area contributed by atoms with Crippen molar-refractivity contribution >= 4 is 17.8 Å². The second kappa shape index (κ2) is 10.5. The molecule has 194 valence electrons. The summed E-state index contributed by atoms with van der Waals surface area (Å²) >= 11 is 0. The molecule has 2 amide bonds. The Morgan fingerprint density at radius 2 is 1.68 bits per heavy atom. The molecule has 7 heteroatoms. The van der Waals surface area contributed by atoms with Gasteiger partial charge in [0, 0.05) is 29.1 Å². The second-order valence-electron chi connectivity index (χ2n) is 9.90. The van der Waals surface area contributed by atoms with Gasteiger partial charge in [-0.2, -0.15) is 0 Å². The molecule has 1 heterocycles. The Kier molecular flexibility index (Phi) is 7.01. The first-order valence-corrected chi connectivity index (χ1v) is 12.8. The molecule has 3 aromatic carbocycles. The molecule has 0 unspecified atom stereocenters. The molecule has 0 bridgehead atoms. The lowest BCUT2D eigenvalue weighted by Crippen LogP contribution is -2.39. The molecule has 1 N–H and O–H groups in total. The van der Waals surface area contributed by atoms with E-state index in [2.05, 4.69) is 31.3 Å². The summed E-state index contributed by atoms with van der Waals surface area (Å²) < 4.78 is 7.17. The zero-order chi connectivity index (χ0) is 26.8. The van der Waals surface area contributed by atoms with E-state index < -0.39 is 0 Å². The lowest BCUT2D eigenvalue weighted by atomic mass is 10.1. The first-order chi connectivity index (χ1) is 18.3. The molecule has 0 atom stereocenters. The van der Waals surface area contributed by atoms with E-state index in [4.69, 9.17) is 9.72 Å². The number of carbonyl (C=O) groups excluding carboxylic acids is 2. The number of hydrogen-bond donors (Lipinski definition) is 1. The molecular weight excluding hydrogens is 476 g/mol. The van der Waals surface area contributed by atoms with Crippen molar-refractivity contribution < 1.29 is 14.3 Å². The summed E-state index contributed by atoms with van der Waals surface area (Å²) in [5.41, 5.74) is 6.52. The second-order valence-corrected chi connectivity index (χ2v) is 9.90. The first-order valence-electron chi connectivity index (χ1n) is 12.8. The minimum atomic E-state index is -0.283. The minimum absolute atomic E-state index is 0.0327. The number of benzene rings is 3. The van der Waals surface area contributed by atoms with Gasteiger partial charge in [0.1, 0.15) is 12.3 Å². The predicted octanol–water partition coefficient (Wildman–Crippen LogP) is 5.72. The maximum Gasteiger partial charge on any atom is 0.254 e. The van der Waals surface area contributed by atoms with Gasteiger partial charge < -0.3 is 9.64 Å². The van der Waals surface area contributed by atoms with Gasteiger partial charge in [-0.3, -0.25) is 19.5 Å². The molecule has 0 radical (unpaired) electrons. The van der Waals surface area contributed by atoms with E-state index in [0.717, 1.165) is 46.7 Å². The molecule has 38 heavy (non-hydrogen) atoms. The molecule has 0 spiro atoms. The van der Waals surface area contributed by atoms with Crippen LogP contribution in [0, 0.1) is 20.8 Å². The number of rotatable bonds is 8. The number of nitrogens with zero attached hydrogens (tertiary/aromatic N) is 3. The third-order valence-electron chi connectivity index (χ3n) is 6.97. The minimum Gasteiger partial charge on any atom is -0.497 e. The van der Waals surface area contributed by atoms with Crippen LogP contribution in [0.25, 0.3) is 16.9 Å². The Bertz CT molecular complexity index is 1470. The van der Waals surface area contributed by atoms with Gasteiger partial charge in [0.2, 0.25) is 11.9 Å². The predicted molar refractivity (Wildman–Crippen MR) is 149 cm³/mol. The van der Waals surface area contributed by atoms with Gasteiger partial charge >= 0.3 is 0 Å². The number of aryl methyl sites for hydroxylation is 3. The van der Waals surface area contributed by atoms with Gasteiger partial charge in [-0.25, -0.2) is 4.98 Å². The average Bonchev–Trinajstić information content (AvgIpc) is 3.68. The monoisotopic (exact) mass is 508 g/mol. The van der Waals surface area contributed by atoms with Crippen molar-refractivity contribution in [2.45, 2.75) is 39.7 Å². The molecule has 1 aromatic heterocycles. The summed E-state index contributed by atoms with van der Waals surface area (Å²) in [7, 11) is 1.63. The largest absolute Gasteiger partial charge is 0.497 e. The third-order valence-corrected chi connectivity index (χ3v) is 6.97. The number of carbonyl (C=O) groups is 2. The average molecular weight is 509 g/mol. The Balaban J connectivity index is 1.43. The van der Waals surface area contributed by atoms with Crippen LogP contribution in [0.4, 0.5) is 5.95 Å². The maximum absolute atomic E-state index is 13.3. The first kappa shape index (κ1) is 25.3. The molecule has 1 aliphatic carbocycles. The SMILES string of the molecule is COc1ccc(-c2cn(-c3ccc(C)c(C)c3)c(NC(=O)CN(C(=O)c3ccc(C)cc3)C3CC3)n2)cc1. The maximum atomic E-state index is 13.3. The molecule has 1 aliphatic rings. The summed E-state index contributed by atoms with van der Waals surface area (Å²) in [6.45, 7) is 6.08. The van der Waals surface area contributed by atoms with Crippen molar-refractivity contribution in [3.05, 3.63) is 95.2 Å². The Labute approximate surface area is 223 Å². The van der Waals surface area contributed by atoms with Gasteiger partial charge in [-0.1, -0.05) is 23.8 Å². The fraction of sp³-hybridized carbons (Fsp3) is 0.258. The van der Waals surface area contributed by atoms with Crippen molar-refractivity contribution in [3.8, 4) is 22.7 Å². The number of methoxy groups -OCH3 is 1. The van der Waals surface area contributed by atoms with Crippen LogP contribution in [-0.4, -0.2) is 46.0 Å². The van der Waals surface area contributed by atoms with E-state index in [1.807, 2.05) is 72.3 Å². The van der Waals surface area contributed by atoms with Crippen LogP contribution in [-0.2, 0) is 4.79 Å². The number of hydrogen-bond acceptors (Lipinski definition) is 4. The Morgan fingerprint density at radius 3 is 2.32 bits per heavy atom. The van der Waals surface area contributed by atoms with Crippen LogP contribution < -0.4 is 10.1 Å². The normalized spacial score (nSPS) is 12.7. The molecule has 0 saturated heterocycles. The van der Waals surface area contributed by atoms with Gasteiger partial charge in [0.25, 0.3) is 5.91 Å². The Morgan fingerprint density at radius 1 is 0.974 bits per heavy atom. The summed E-state index contributed by atoms with van der Waals surface area (Å²) in [6, 6.07) is 21.3. The van der Waals surface area contributed by atoms with Crippen molar-refractivity contribution in [2.24, 2.45) is 0 Å². The summed E-state index contributed by atoms with van der Waals surface area (Å²) in [5, 5.41) is 2.98. The van der Waals surface area contributed by atoms with E-state index in [-0.39, 0.29) is 24.4 Å². The van der Waals surface area contributed by atoms with Crippen LogP contribution in [0.2, 0.25) is 0 Å². The summed E-state index contributed by atoms with van der Waals surface area (Å²) in [5.74, 6) is 0.755. The highest BCUT2D eigenvalue weighted by molar-refractivity contribution is 5.99. The van der Waals surface area contributed by atoms with Gasteiger partial charge in [-0.05, 0) is 93.3 Å². The van der Waals surface area contributed by atoms with Gasteiger partial charge in [0.15, 0.2) is 0 Å². The van der Waals surface area contributed by atoms with E-state index >= 15 is 0 Å². The smallest absolute Gasteiger partial charge is 0.254 e. The summed E-state index contributed by atoms with van der Waals surface area (Å²) in [6.07, 6.45) is 3.73. The highest BCUT2D eigenvalue weighted by atomic mass is 16.5. The Hall–Kier alpha value is -4.39. The topological polar surface area (TPSA) is 76.5 Å². The van der Waals surface area contributed by atoms with Crippen LogP contribution in [0.1, 0.15) is 39.9 Å². The number of amides is 2. The molecular formula is C31H32N4O3. The molecule has 1 fully saturated rings. The number of aromatic nitrogens is 2. The molecule has 0 aliphatic heterocycles. The van der Waals surface area contributed by atoms with E-state index in [1.165, 1.54) is 5.56 Å². The zero-order valence-corrected chi connectivity index (χ0v) is 22.2. The molecule has 4 aromatic rings. The van der Waals surface area contributed by atoms with Crippen LogP contribution in [0.3, 0.4) is 0 Å². The number of imidazole rings is 1. The van der Waals surface area contributed by atoms with Crippen LogP contribution >= 0.6 is 0 Å². The lowest BCUT2D eigenvalue weighted by Gasteiger charge is -2.22.